The van der Waals surface area contributed by atoms with Crippen LogP contribution < -0.4 is 34.0 Å². The van der Waals surface area contributed by atoms with Crippen LogP contribution in [-0.4, -0.2) is 182 Å². The maximum Gasteiger partial charge on any atom is 0.524 e. The molecule has 108 heavy (non-hydrogen) atoms. The van der Waals surface area contributed by atoms with Gasteiger partial charge in [0.25, 0.3) is 23.6 Å². The lowest BCUT2D eigenvalue weighted by atomic mass is 10.1. The van der Waals surface area contributed by atoms with Crippen molar-refractivity contribution in [2.45, 2.75) is 141 Å². The molecule has 0 spiro atoms. The Kier molecular flexibility index (Phi) is 36.5. The molecule has 2 aliphatic rings. The minimum absolute atomic E-state index is 0.00258. The first-order chi connectivity index (χ1) is 50.8. The largest absolute Gasteiger partial charge is 0.524 e. The third-order valence-corrected chi connectivity index (χ3v) is 17.1. The van der Waals surface area contributed by atoms with E-state index in [4.69, 9.17) is 48.8 Å². The Balaban J connectivity index is 0.000000391. The number of nitrogens with zero attached hydrogens (tertiary/aromatic N) is 4. The fourth-order valence-corrected chi connectivity index (χ4v) is 11.9. The molecule has 4 aromatic carbocycles. The van der Waals surface area contributed by atoms with E-state index in [9.17, 15) is 80.6 Å². The number of unbranched alkanes of at least 4 members (excludes halogenated alkanes) is 2. The summed E-state index contributed by atoms with van der Waals surface area (Å²) in [7, 11) is -18.9. The van der Waals surface area contributed by atoms with E-state index in [1.54, 1.807) is 0 Å². The number of phosphoric ester groups is 4. The van der Waals surface area contributed by atoms with Gasteiger partial charge < -0.3 is 53.5 Å². The van der Waals surface area contributed by atoms with Crippen LogP contribution in [0, 0.1) is 0 Å². The molecule has 38 nitrogen and oxygen atoms in total. The standard InChI is InChI=1S/C36H48N4O16P2.C30H37N3O15P2/c41-28(24-26-10-14-29(15-11-26)55-57(48,49)50)6-5-22-39(23-21-38-32(43)25-27-12-16-30(17-13-27)56-58(51,52)53)33(44)8-4-7-31(42)37-20-3-1-2-9-36(47)54-40-34(45)18-19-35(40)46;34-23(19-21-6-10-24(11-7-21)47-49(40,41)42)3-2-17-32(27(36)4-1-5-30(39)46-33-28(37)14-15-29(33)38)18-16-31-26(35)20-22-8-12-25(13-9-22)48-50(43,44)45/h10-17H,1-9,18-25H2,(H,37,42)(H,38,43)(H2,48,49,50)(H2,51,52,53);6-13H,1-5,14-20H2,(H,31,35)(H2,40,41,42)(H2,43,44,45). The number of phosphoric acid groups is 4. The number of hydrogen-bond acceptors (Lipinski definition) is 23. The molecular weight excluding hydrogens is 1510 g/mol. The predicted molar refractivity (Wildman–Crippen MR) is 372 cm³/mol. The first-order valence-electron chi connectivity index (χ1n) is 33.7. The summed E-state index contributed by atoms with van der Waals surface area (Å²) in [4.78, 5) is 244. The van der Waals surface area contributed by atoms with E-state index in [1.807, 2.05) is 0 Å². The molecule has 0 bridgehead atoms. The van der Waals surface area contributed by atoms with Crippen LogP contribution in [0.5, 0.6) is 23.0 Å². The van der Waals surface area contributed by atoms with Crippen LogP contribution in [0.25, 0.3) is 0 Å². The lowest BCUT2D eigenvalue weighted by molar-refractivity contribution is -0.197. The number of Topliss-reactive ketones (excluding diaryl/α,β-unsaturated/α-hetero) is 2. The van der Waals surface area contributed by atoms with Crippen molar-refractivity contribution >= 4 is 108 Å². The van der Waals surface area contributed by atoms with E-state index in [2.05, 4.69) is 34.0 Å². The summed E-state index contributed by atoms with van der Waals surface area (Å²) >= 11 is 0. The molecule has 11 N–H and O–H groups in total. The fourth-order valence-electron chi connectivity index (χ4n) is 10.3. The zero-order valence-electron chi connectivity index (χ0n) is 58.3. The first kappa shape index (κ1) is 89.2. The highest BCUT2D eigenvalue weighted by Gasteiger charge is 2.34. The van der Waals surface area contributed by atoms with Crippen molar-refractivity contribution in [2.75, 3.05) is 45.8 Å². The maximum absolute atomic E-state index is 13.2. The van der Waals surface area contributed by atoms with Crippen molar-refractivity contribution < 1.29 is 148 Å². The number of hydrogen-bond donors (Lipinski definition) is 11. The highest BCUT2D eigenvalue weighted by atomic mass is 31.2. The first-order valence-corrected chi connectivity index (χ1v) is 39.8. The Labute approximate surface area is 618 Å². The van der Waals surface area contributed by atoms with Gasteiger partial charge in [0.2, 0.25) is 29.5 Å². The van der Waals surface area contributed by atoms with Crippen LogP contribution >= 0.6 is 31.3 Å². The second-order valence-electron chi connectivity index (χ2n) is 24.3. The summed E-state index contributed by atoms with van der Waals surface area (Å²) < 4.78 is 62.0. The zero-order chi connectivity index (χ0) is 79.6. The Morgan fingerprint density at radius 3 is 0.954 bits per heavy atom. The Morgan fingerprint density at radius 2 is 0.630 bits per heavy atom. The molecule has 2 saturated heterocycles. The van der Waals surface area contributed by atoms with Gasteiger partial charge in [0.15, 0.2) is 0 Å². The number of carbonyl (C=O) groups excluding carboxylic acids is 13. The van der Waals surface area contributed by atoms with Crippen LogP contribution in [-0.2, 0) is 116 Å². The monoisotopic (exact) mass is 1600 g/mol. The van der Waals surface area contributed by atoms with Gasteiger partial charge in [-0.3, -0.25) is 91.9 Å². The predicted octanol–water partition coefficient (Wildman–Crippen LogP) is 3.65. The molecular formula is C66H85N7O31P4. The molecule has 9 amide bonds. The third-order valence-electron chi connectivity index (χ3n) is 15.3. The van der Waals surface area contributed by atoms with Gasteiger partial charge in [0, 0.05) is 129 Å². The van der Waals surface area contributed by atoms with Crippen molar-refractivity contribution in [3.8, 4) is 23.0 Å². The number of ketones is 2. The van der Waals surface area contributed by atoms with Crippen molar-refractivity contribution in [3.05, 3.63) is 119 Å². The van der Waals surface area contributed by atoms with E-state index in [0.29, 0.717) is 64.6 Å². The minimum Gasteiger partial charge on any atom is -0.404 e. The molecule has 0 radical (unpaired) electrons. The van der Waals surface area contributed by atoms with Gasteiger partial charge in [-0.2, -0.15) is 0 Å². The lowest BCUT2D eigenvalue weighted by Crippen LogP contribution is -2.39. The van der Waals surface area contributed by atoms with Crippen LogP contribution in [0.15, 0.2) is 97.1 Å². The smallest absolute Gasteiger partial charge is 0.404 e. The molecule has 6 rings (SSSR count). The molecule has 2 fully saturated rings. The summed E-state index contributed by atoms with van der Waals surface area (Å²) in [6.45, 7) is 0.950. The van der Waals surface area contributed by atoms with E-state index in [0.717, 1.165) is 0 Å². The molecule has 42 heteroatoms. The second kappa shape index (κ2) is 44.2. The van der Waals surface area contributed by atoms with Crippen molar-refractivity contribution in [1.29, 1.82) is 0 Å². The molecule has 2 heterocycles. The average Bonchev–Trinajstić information content (AvgIpc) is 1.79. The van der Waals surface area contributed by atoms with E-state index in [1.165, 1.54) is 107 Å². The molecule has 0 atom stereocenters. The number of carbonyl (C=O) groups is 13. The summed E-state index contributed by atoms with van der Waals surface area (Å²) in [6.07, 6.45) is 2.17. The normalized spacial score (nSPS) is 13.0. The van der Waals surface area contributed by atoms with Crippen LogP contribution in [0.3, 0.4) is 0 Å². The summed E-state index contributed by atoms with van der Waals surface area (Å²) in [6, 6.07) is 22.4. The SMILES string of the molecule is O=C(CCCN(CCNC(=O)Cc1ccc(OP(=O)(O)O)cc1)C(=O)CCCC(=O)NCCCCCC(=O)ON1C(=O)CCC1=O)Cc1ccc(OP(=O)(O)O)cc1.O=C(CCCN(CCNC(=O)Cc1ccc(OP(=O)(O)O)cc1)C(=O)CCCC(=O)ON1C(=O)CCC1=O)Cc1ccc(OP(=O)(O)O)cc1. The number of imide groups is 2. The second-order valence-corrected chi connectivity index (χ2v) is 29.0. The zero-order valence-corrected chi connectivity index (χ0v) is 61.9. The Bertz CT molecular complexity index is 3790. The number of nitrogens with one attached hydrogen (secondary N) is 3. The van der Waals surface area contributed by atoms with Crippen LogP contribution in [0.2, 0.25) is 0 Å². The highest BCUT2D eigenvalue weighted by molar-refractivity contribution is 7.47. The van der Waals surface area contributed by atoms with Crippen molar-refractivity contribution in [3.63, 3.8) is 0 Å². The number of amides is 9. The number of hydroxylamine groups is 4. The molecule has 0 aliphatic carbocycles. The maximum atomic E-state index is 13.2. The van der Waals surface area contributed by atoms with Crippen molar-refractivity contribution in [1.82, 2.24) is 35.9 Å². The van der Waals surface area contributed by atoms with Crippen LogP contribution in [0.4, 0.5) is 0 Å². The Morgan fingerprint density at radius 1 is 0.333 bits per heavy atom. The van der Waals surface area contributed by atoms with Crippen LogP contribution in [0.1, 0.15) is 138 Å². The third kappa shape index (κ3) is 37.4. The molecule has 0 saturated carbocycles. The fraction of sp³-hybridized carbons (Fsp3) is 0.439. The van der Waals surface area contributed by atoms with Gasteiger partial charge in [-0.1, -0.05) is 55.0 Å². The average molecular weight is 1600 g/mol. The van der Waals surface area contributed by atoms with E-state index < -0.39 is 72.8 Å². The Hall–Kier alpha value is -9.41. The van der Waals surface area contributed by atoms with Gasteiger partial charge in [-0.25, -0.2) is 27.8 Å². The highest BCUT2D eigenvalue weighted by Crippen LogP contribution is 2.40. The number of rotatable bonds is 46. The molecule has 2 aliphatic heterocycles. The molecule has 0 unspecified atom stereocenters. The number of benzene rings is 4. The van der Waals surface area contributed by atoms with Gasteiger partial charge in [-0.05, 0) is 109 Å². The summed E-state index contributed by atoms with van der Waals surface area (Å²) in [5, 5.41) is 9.09. The molecule has 4 aromatic rings. The van der Waals surface area contributed by atoms with Gasteiger partial charge in [0.1, 0.15) is 34.6 Å². The molecule has 0 aromatic heterocycles. The van der Waals surface area contributed by atoms with Gasteiger partial charge >= 0.3 is 43.2 Å². The molecule has 590 valence electrons. The van der Waals surface area contributed by atoms with Crippen molar-refractivity contribution in [2.24, 2.45) is 0 Å². The topological polar surface area (TPSA) is 556 Å². The summed E-state index contributed by atoms with van der Waals surface area (Å²) in [5.41, 5.74) is 2.24. The van der Waals surface area contributed by atoms with Gasteiger partial charge in [0.05, 0.1) is 12.8 Å². The van der Waals surface area contributed by atoms with E-state index in [-0.39, 0.29) is 213 Å². The van der Waals surface area contributed by atoms with E-state index >= 15 is 0 Å². The quantitative estimate of drug-likeness (QED) is 0.0171. The summed E-state index contributed by atoms with van der Waals surface area (Å²) in [5.74, 6) is -6.20. The lowest BCUT2D eigenvalue weighted by Gasteiger charge is -2.23. The minimum atomic E-state index is -4.73. The van der Waals surface area contributed by atoms with Gasteiger partial charge in [-0.15, -0.1) is 10.1 Å².